The van der Waals surface area contributed by atoms with Crippen molar-refractivity contribution in [2.24, 2.45) is 11.8 Å². The summed E-state index contributed by atoms with van der Waals surface area (Å²) >= 11 is 0. The van der Waals surface area contributed by atoms with E-state index in [9.17, 15) is 19.5 Å². The van der Waals surface area contributed by atoms with Crippen LogP contribution >= 0.6 is 0 Å². The summed E-state index contributed by atoms with van der Waals surface area (Å²) in [5.74, 6) is -1.42. The van der Waals surface area contributed by atoms with Crippen LogP contribution < -0.4 is 10.6 Å². The minimum absolute atomic E-state index is 0.00113. The molecule has 0 spiro atoms. The Kier molecular flexibility index (Phi) is 5.56. The largest absolute Gasteiger partial charge is 0.480 e. The maximum absolute atomic E-state index is 12.5. The molecule has 0 aromatic heterocycles. The molecule has 0 saturated heterocycles. The molecule has 172 valence electrons. The molecule has 2 aromatic carbocycles. The number of hydrogen-bond donors (Lipinski definition) is 3. The molecule has 2 aromatic rings. The maximum Gasteiger partial charge on any atom is 0.407 e. The van der Waals surface area contributed by atoms with Gasteiger partial charge >= 0.3 is 12.1 Å². The zero-order chi connectivity index (χ0) is 23.0. The molecule has 0 heterocycles. The summed E-state index contributed by atoms with van der Waals surface area (Å²) in [5, 5.41) is 15.1. The van der Waals surface area contributed by atoms with Crippen LogP contribution in [0.1, 0.15) is 49.1 Å². The first-order valence-corrected chi connectivity index (χ1v) is 11.6. The number of carboxylic acid groups (broad SMARTS) is 1. The first-order valence-electron chi connectivity index (χ1n) is 11.6. The Morgan fingerprint density at radius 2 is 1.58 bits per heavy atom. The van der Waals surface area contributed by atoms with E-state index in [0.717, 1.165) is 24.0 Å². The number of carbonyl (C=O) groups is 3. The summed E-state index contributed by atoms with van der Waals surface area (Å²) in [5.41, 5.74) is 3.55. The SMILES string of the molecule is O=C(NCC1CC1C(=O)NC1(C(=O)O)CCCC1)OCC1c2ccccc2-c2ccccc21. The van der Waals surface area contributed by atoms with Crippen molar-refractivity contribution in [3.63, 3.8) is 0 Å². The van der Waals surface area contributed by atoms with Gasteiger partial charge in [-0.25, -0.2) is 9.59 Å². The second-order valence-corrected chi connectivity index (χ2v) is 9.39. The number of amides is 2. The normalized spacial score (nSPS) is 22.2. The van der Waals surface area contributed by atoms with Gasteiger partial charge in [-0.1, -0.05) is 61.4 Å². The number of hydrogen-bond acceptors (Lipinski definition) is 4. The van der Waals surface area contributed by atoms with Gasteiger partial charge in [0.25, 0.3) is 0 Å². The van der Waals surface area contributed by atoms with Crippen molar-refractivity contribution in [2.45, 2.75) is 43.6 Å². The van der Waals surface area contributed by atoms with Gasteiger partial charge in [-0.3, -0.25) is 4.79 Å². The molecule has 2 fully saturated rings. The van der Waals surface area contributed by atoms with Crippen molar-refractivity contribution < 1.29 is 24.2 Å². The number of ether oxygens (including phenoxy) is 1. The average Bonchev–Trinajstić information content (AvgIpc) is 3.33. The molecule has 2 amide bonds. The number of carbonyl (C=O) groups excluding carboxylic acids is 2. The number of fused-ring (bicyclic) bond motifs is 3. The lowest BCUT2D eigenvalue weighted by Gasteiger charge is -2.25. The smallest absolute Gasteiger partial charge is 0.407 e. The van der Waals surface area contributed by atoms with E-state index in [4.69, 9.17) is 4.74 Å². The molecule has 3 N–H and O–H groups in total. The van der Waals surface area contributed by atoms with Gasteiger partial charge in [0.15, 0.2) is 0 Å². The summed E-state index contributed by atoms with van der Waals surface area (Å²) in [7, 11) is 0. The minimum atomic E-state index is -1.12. The van der Waals surface area contributed by atoms with E-state index in [1.165, 1.54) is 11.1 Å². The van der Waals surface area contributed by atoms with E-state index in [-0.39, 0.29) is 30.3 Å². The predicted molar refractivity (Wildman–Crippen MR) is 122 cm³/mol. The fourth-order valence-electron chi connectivity index (χ4n) is 5.36. The molecule has 3 aliphatic carbocycles. The zero-order valence-corrected chi connectivity index (χ0v) is 18.4. The summed E-state index contributed by atoms with van der Waals surface area (Å²) in [6, 6.07) is 16.3. The van der Waals surface area contributed by atoms with Gasteiger partial charge in [0.2, 0.25) is 5.91 Å². The summed E-state index contributed by atoms with van der Waals surface area (Å²) in [6.45, 7) is 0.588. The number of aliphatic carboxylic acids is 1. The van der Waals surface area contributed by atoms with E-state index >= 15 is 0 Å². The molecule has 2 saturated carbocycles. The first-order chi connectivity index (χ1) is 16.0. The number of benzene rings is 2. The van der Waals surface area contributed by atoms with Crippen LogP contribution in [-0.2, 0) is 14.3 Å². The fourth-order valence-corrected chi connectivity index (χ4v) is 5.36. The highest BCUT2D eigenvalue weighted by Crippen LogP contribution is 2.44. The van der Waals surface area contributed by atoms with Gasteiger partial charge in [-0.05, 0) is 47.4 Å². The highest BCUT2D eigenvalue weighted by atomic mass is 16.5. The maximum atomic E-state index is 12.5. The highest BCUT2D eigenvalue weighted by molar-refractivity contribution is 5.89. The lowest BCUT2D eigenvalue weighted by molar-refractivity contribution is -0.147. The van der Waals surface area contributed by atoms with Crippen LogP contribution in [0, 0.1) is 11.8 Å². The lowest BCUT2D eigenvalue weighted by Crippen LogP contribution is -2.53. The van der Waals surface area contributed by atoms with Gasteiger partial charge in [0.1, 0.15) is 12.1 Å². The predicted octanol–water partition coefficient (Wildman–Crippen LogP) is 3.67. The number of carboxylic acids is 1. The standard InChI is InChI=1S/C26H28N2O5/c29-23(28-26(24(30)31)11-5-6-12-26)21-13-16(21)14-27-25(32)33-15-22-19-9-3-1-7-17(19)18-8-2-4-10-20(18)22/h1-4,7-10,16,21-22H,5-6,11-15H2,(H,27,32)(H,28,29)(H,30,31). The second-order valence-electron chi connectivity index (χ2n) is 9.39. The van der Waals surface area contributed by atoms with E-state index in [0.29, 0.717) is 25.8 Å². The molecular weight excluding hydrogens is 420 g/mol. The van der Waals surface area contributed by atoms with Crippen LogP contribution in [0.4, 0.5) is 4.79 Å². The van der Waals surface area contributed by atoms with Crippen LogP contribution in [0.25, 0.3) is 11.1 Å². The van der Waals surface area contributed by atoms with Crippen molar-refractivity contribution >= 4 is 18.0 Å². The average molecular weight is 449 g/mol. The van der Waals surface area contributed by atoms with Crippen molar-refractivity contribution in [1.29, 1.82) is 0 Å². The minimum Gasteiger partial charge on any atom is -0.480 e. The molecule has 0 aliphatic heterocycles. The molecule has 2 unspecified atom stereocenters. The van der Waals surface area contributed by atoms with Gasteiger partial charge in [0, 0.05) is 18.4 Å². The Bertz CT molecular complexity index is 1050. The van der Waals surface area contributed by atoms with E-state index in [1.54, 1.807) is 0 Å². The Morgan fingerprint density at radius 1 is 0.970 bits per heavy atom. The molecule has 0 radical (unpaired) electrons. The molecular formula is C26H28N2O5. The van der Waals surface area contributed by atoms with Crippen molar-refractivity contribution in [2.75, 3.05) is 13.2 Å². The summed E-state index contributed by atoms with van der Waals surface area (Å²) < 4.78 is 5.54. The van der Waals surface area contributed by atoms with Crippen LogP contribution in [0.2, 0.25) is 0 Å². The Balaban J connectivity index is 1.11. The third-order valence-electron chi connectivity index (χ3n) is 7.34. The molecule has 2 atom stereocenters. The first kappa shape index (κ1) is 21.5. The molecule has 7 nitrogen and oxygen atoms in total. The third kappa shape index (κ3) is 4.08. The van der Waals surface area contributed by atoms with E-state index < -0.39 is 17.6 Å². The molecule has 5 rings (SSSR count). The second kappa shape index (κ2) is 8.54. The zero-order valence-electron chi connectivity index (χ0n) is 18.4. The number of alkyl carbamates (subject to hydrolysis) is 1. The summed E-state index contributed by atoms with van der Waals surface area (Å²) in [4.78, 5) is 36.5. The van der Waals surface area contributed by atoms with Gasteiger partial charge in [-0.2, -0.15) is 0 Å². The van der Waals surface area contributed by atoms with Gasteiger partial charge in [0.05, 0.1) is 0 Å². The molecule has 33 heavy (non-hydrogen) atoms. The van der Waals surface area contributed by atoms with Crippen LogP contribution in [0.5, 0.6) is 0 Å². The summed E-state index contributed by atoms with van der Waals surface area (Å²) in [6.07, 6.45) is 2.72. The monoisotopic (exact) mass is 448 g/mol. The van der Waals surface area contributed by atoms with Crippen LogP contribution in [0.3, 0.4) is 0 Å². The Hall–Kier alpha value is -3.35. The van der Waals surface area contributed by atoms with Gasteiger partial charge in [-0.15, -0.1) is 0 Å². The number of rotatable bonds is 7. The Labute approximate surface area is 192 Å². The van der Waals surface area contributed by atoms with Crippen molar-refractivity contribution in [3.8, 4) is 11.1 Å². The Morgan fingerprint density at radius 3 is 2.18 bits per heavy atom. The van der Waals surface area contributed by atoms with E-state index in [1.807, 2.05) is 24.3 Å². The van der Waals surface area contributed by atoms with E-state index in [2.05, 4.69) is 34.9 Å². The molecule has 0 bridgehead atoms. The van der Waals surface area contributed by atoms with Gasteiger partial charge < -0.3 is 20.5 Å². The number of nitrogens with one attached hydrogen (secondary N) is 2. The topological polar surface area (TPSA) is 105 Å². The highest BCUT2D eigenvalue weighted by Gasteiger charge is 2.49. The third-order valence-corrected chi connectivity index (χ3v) is 7.34. The van der Waals surface area contributed by atoms with Crippen molar-refractivity contribution in [3.05, 3.63) is 59.7 Å². The van der Waals surface area contributed by atoms with Crippen LogP contribution in [0.15, 0.2) is 48.5 Å². The lowest BCUT2D eigenvalue weighted by atomic mass is 9.97. The molecule has 3 aliphatic rings. The molecule has 7 heteroatoms. The quantitative estimate of drug-likeness (QED) is 0.599. The fraction of sp³-hybridized carbons (Fsp3) is 0.423. The van der Waals surface area contributed by atoms with Crippen LogP contribution in [-0.4, -0.2) is 41.8 Å². The van der Waals surface area contributed by atoms with Crippen molar-refractivity contribution in [1.82, 2.24) is 10.6 Å².